The predicted octanol–water partition coefficient (Wildman–Crippen LogP) is 0.909. The second-order valence-electron chi connectivity index (χ2n) is 5.79. The molecule has 0 saturated carbocycles. The van der Waals surface area contributed by atoms with Gasteiger partial charge >= 0.3 is 0 Å². The standard InChI is InChI=1S/C15H25N3O2S/c1-4-18-10-9-17(3)11-14(12-18)16-21(19,20)15-7-5-13(2)6-8-15/h5-8,14,16H,4,9-12H2,1-3H3. The molecule has 1 atom stereocenters. The molecule has 1 aliphatic heterocycles. The van der Waals surface area contributed by atoms with Crippen molar-refractivity contribution in [2.24, 2.45) is 0 Å². The van der Waals surface area contributed by atoms with Gasteiger partial charge in [0.25, 0.3) is 0 Å². The summed E-state index contributed by atoms with van der Waals surface area (Å²) in [5, 5.41) is 0. The van der Waals surface area contributed by atoms with E-state index in [1.807, 2.05) is 26.1 Å². The van der Waals surface area contributed by atoms with Crippen LogP contribution < -0.4 is 4.72 Å². The zero-order valence-corrected chi connectivity index (χ0v) is 13.9. The number of aryl methyl sites for hydroxylation is 1. The molecule has 1 aromatic rings. The Morgan fingerprint density at radius 2 is 1.86 bits per heavy atom. The van der Waals surface area contributed by atoms with E-state index in [4.69, 9.17) is 0 Å². The first-order valence-corrected chi connectivity index (χ1v) is 8.89. The minimum Gasteiger partial charge on any atom is -0.303 e. The third kappa shape index (κ3) is 4.51. The van der Waals surface area contributed by atoms with Gasteiger partial charge in [0.15, 0.2) is 0 Å². The van der Waals surface area contributed by atoms with Crippen molar-refractivity contribution < 1.29 is 8.42 Å². The molecule has 0 amide bonds. The van der Waals surface area contributed by atoms with Crippen molar-refractivity contribution in [1.82, 2.24) is 14.5 Å². The van der Waals surface area contributed by atoms with Crippen molar-refractivity contribution in [2.45, 2.75) is 24.8 Å². The molecule has 0 aromatic heterocycles. The van der Waals surface area contributed by atoms with Crippen molar-refractivity contribution in [3.63, 3.8) is 0 Å². The summed E-state index contributed by atoms with van der Waals surface area (Å²) in [6, 6.07) is 6.90. The first-order valence-electron chi connectivity index (χ1n) is 7.40. The molecule has 21 heavy (non-hydrogen) atoms. The Kier molecular flexibility index (Phi) is 5.37. The number of hydrogen-bond donors (Lipinski definition) is 1. The van der Waals surface area contributed by atoms with E-state index in [2.05, 4.69) is 21.4 Å². The number of rotatable bonds is 4. The normalized spacial score (nSPS) is 22.1. The molecule has 2 rings (SSSR count). The summed E-state index contributed by atoms with van der Waals surface area (Å²) in [6.07, 6.45) is 0. The number of benzene rings is 1. The summed E-state index contributed by atoms with van der Waals surface area (Å²) in [5.41, 5.74) is 1.06. The molecule has 1 aliphatic rings. The van der Waals surface area contributed by atoms with Crippen LogP contribution in [0.15, 0.2) is 29.2 Å². The van der Waals surface area contributed by atoms with Crippen molar-refractivity contribution in [1.29, 1.82) is 0 Å². The van der Waals surface area contributed by atoms with Crippen LogP contribution in [-0.4, -0.2) is 64.0 Å². The Labute approximate surface area is 128 Å². The lowest BCUT2D eigenvalue weighted by Crippen LogP contribution is -2.46. The van der Waals surface area contributed by atoms with Crippen LogP contribution in [0.3, 0.4) is 0 Å². The molecule has 0 spiro atoms. The Morgan fingerprint density at radius 3 is 2.48 bits per heavy atom. The summed E-state index contributed by atoms with van der Waals surface area (Å²) in [4.78, 5) is 4.80. The molecule has 1 N–H and O–H groups in total. The summed E-state index contributed by atoms with van der Waals surface area (Å²) < 4.78 is 27.8. The van der Waals surface area contributed by atoms with Gasteiger partial charge in [0.05, 0.1) is 4.90 Å². The van der Waals surface area contributed by atoms with Crippen LogP contribution in [0.1, 0.15) is 12.5 Å². The summed E-state index contributed by atoms with van der Waals surface area (Å²) >= 11 is 0. The average molecular weight is 311 g/mol. The maximum atomic E-state index is 12.5. The average Bonchev–Trinajstić information content (AvgIpc) is 2.60. The SMILES string of the molecule is CCN1CCN(C)CC(NS(=O)(=O)c2ccc(C)cc2)C1. The molecule has 5 nitrogen and oxygen atoms in total. The fraction of sp³-hybridized carbons (Fsp3) is 0.600. The van der Waals surface area contributed by atoms with Crippen LogP contribution in [0.4, 0.5) is 0 Å². The van der Waals surface area contributed by atoms with Gasteiger partial charge in [0.1, 0.15) is 0 Å². The Hall–Kier alpha value is -0.950. The van der Waals surface area contributed by atoms with Gasteiger partial charge in [0.2, 0.25) is 10.0 Å². The molecule has 0 radical (unpaired) electrons. The molecule has 1 fully saturated rings. The highest BCUT2D eigenvalue weighted by Crippen LogP contribution is 2.12. The number of nitrogens with one attached hydrogen (secondary N) is 1. The first-order chi connectivity index (χ1) is 9.90. The van der Waals surface area contributed by atoms with Crippen LogP contribution in [0, 0.1) is 6.92 Å². The van der Waals surface area contributed by atoms with Crippen LogP contribution in [0.25, 0.3) is 0 Å². The fourth-order valence-electron chi connectivity index (χ4n) is 2.61. The molecule has 0 aliphatic carbocycles. The number of nitrogens with zero attached hydrogens (tertiary/aromatic N) is 2. The Bertz CT molecular complexity index is 557. The van der Waals surface area contributed by atoms with Gasteiger partial charge in [-0.3, -0.25) is 0 Å². The monoisotopic (exact) mass is 311 g/mol. The van der Waals surface area contributed by atoms with Crippen LogP contribution >= 0.6 is 0 Å². The van der Waals surface area contributed by atoms with Gasteiger partial charge in [0, 0.05) is 32.2 Å². The highest BCUT2D eigenvalue weighted by atomic mass is 32.2. The lowest BCUT2D eigenvalue weighted by atomic mass is 10.2. The smallest absolute Gasteiger partial charge is 0.240 e. The van der Waals surface area contributed by atoms with E-state index in [1.165, 1.54) is 0 Å². The minimum atomic E-state index is -3.45. The Morgan fingerprint density at radius 1 is 1.19 bits per heavy atom. The zero-order valence-electron chi connectivity index (χ0n) is 13.0. The quantitative estimate of drug-likeness (QED) is 0.898. The molecule has 6 heteroatoms. The highest BCUT2D eigenvalue weighted by Gasteiger charge is 2.25. The lowest BCUT2D eigenvalue weighted by molar-refractivity contribution is 0.284. The third-order valence-electron chi connectivity index (χ3n) is 3.91. The molecule has 1 saturated heterocycles. The highest BCUT2D eigenvalue weighted by molar-refractivity contribution is 7.89. The minimum absolute atomic E-state index is 0.0799. The molecule has 118 valence electrons. The number of sulfonamides is 1. The van der Waals surface area contributed by atoms with E-state index in [0.717, 1.165) is 38.3 Å². The first kappa shape index (κ1) is 16.4. The zero-order chi connectivity index (χ0) is 15.5. The van der Waals surface area contributed by atoms with Crippen molar-refractivity contribution >= 4 is 10.0 Å². The van der Waals surface area contributed by atoms with Crippen molar-refractivity contribution in [2.75, 3.05) is 39.8 Å². The van der Waals surface area contributed by atoms with E-state index >= 15 is 0 Å². The predicted molar refractivity (Wildman–Crippen MR) is 84.9 cm³/mol. The fourth-order valence-corrected chi connectivity index (χ4v) is 3.83. The maximum Gasteiger partial charge on any atom is 0.240 e. The van der Waals surface area contributed by atoms with Crippen LogP contribution in [-0.2, 0) is 10.0 Å². The number of hydrogen-bond acceptors (Lipinski definition) is 4. The van der Waals surface area contributed by atoms with Gasteiger partial charge in [-0.25, -0.2) is 13.1 Å². The number of likely N-dealkylation sites (N-methyl/N-ethyl adjacent to an activating group) is 2. The van der Waals surface area contributed by atoms with E-state index < -0.39 is 10.0 Å². The topological polar surface area (TPSA) is 52.6 Å². The maximum absolute atomic E-state index is 12.5. The van der Waals surface area contributed by atoms with Gasteiger partial charge in [-0.15, -0.1) is 0 Å². The molecule has 0 bridgehead atoms. The summed E-state index contributed by atoms with van der Waals surface area (Å²) in [7, 11) is -1.42. The molecule has 1 unspecified atom stereocenters. The second-order valence-corrected chi connectivity index (χ2v) is 7.50. The van der Waals surface area contributed by atoms with Gasteiger partial charge < -0.3 is 9.80 Å². The molecular weight excluding hydrogens is 286 g/mol. The van der Waals surface area contributed by atoms with E-state index in [9.17, 15) is 8.42 Å². The van der Waals surface area contributed by atoms with E-state index in [1.54, 1.807) is 12.1 Å². The van der Waals surface area contributed by atoms with E-state index in [0.29, 0.717) is 4.90 Å². The largest absolute Gasteiger partial charge is 0.303 e. The third-order valence-corrected chi connectivity index (χ3v) is 5.45. The van der Waals surface area contributed by atoms with Crippen molar-refractivity contribution in [3.8, 4) is 0 Å². The van der Waals surface area contributed by atoms with E-state index in [-0.39, 0.29) is 6.04 Å². The van der Waals surface area contributed by atoms with Gasteiger partial charge in [-0.05, 0) is 32.6 Å². The van der Waals surface area contributed by atoms with Crippen molar-refractivity contribution in [3.05, 3.63) is 29.8 Å². The molecule has 1 heterocycles. The lowest BCUT2D eigenvalue weighted by Gasteiger charge is -2.23. The van der Waals surface area contributed by atoms with Crippen LogP contribution in [0.5, 0.6) is 0 Å². The molecule has 1 aromatic carbocycles. The van der Waals surface area contributed by atoms with Crippen LogP contribution in [0.2, 0.25) is 0 Å². The summed E-state index contributed by atoms with van der Waals surface area (Å²) in [6.45, 7) is 8.44. The summed E-state index contributed by atoms with van der Waals surface area (Å²) in [5.74, 6) is 0. The Balaban J connectivity index is 2.12. The second kappa shape index (κ2) is 6.87. The van der Waals surface area contributed by atoms with Gasteiger partial charge in [-0.1, -0.05) is 24.6 Å². The van der Waals surface area contributed by atoms with Gasteiger partial charge in [-0.2, -0.15) is 0 Å². The molecular formula is C15H25N3O2S.